The number of nitrogen functional groups attached to an aromatic ring is 1. The molecule has 4 rings (SSSR count). The van der Waals surface area contributed by atoms with Crippen LogP contribution in [0.4, 0.5) is 10.2 Å². The van der Waals surface area contributed by atoms with Gasteiger partial charge < -0.3 is 15.6 Å². The lowest BCUT2D eigenvalue weighted by Crippen LogP contribution is -2.29. The highest BCUT2D eigenvalue weighted by Crippen LogP contribution is 2.35. The van der Waals surface area contributed by atoms with Crippen LogP contribution in [0.2, 0.25) is 5.28 Å². The molecule has 1 aliphatic rings. The van der Waals surface area contributed by atoms with Gasteiger partial charge in [-0.3, -0.25) is 4.57 Å². The number of benzene rings is 1. The summed E-state index contributed by atoms with van der Waals surface area (Å²) in [5, 5.41) is 10.2. The smallest absolute Gasteiger partial charge is 0.226 e. The zero-order valence-corrected chi connectivity index (χ0v) is 13.7. The maximum Gasteiger partial charge on any atom is 0.226 e. The number of hydrogen-bond donors (Lipinski definition) is 2. The molecule has 0 amide bonds. The van der Waals surface area contributed by atoms with Crippen LogP contribution in [0.1, 0.15) is 11.8 Å². The molecule has 1 aromatic carbocycles. The van der Waals surface area contributed by atoms with Crippen molar-refractivity contribution >= 4 is 28.6 Å². The lowest BCUT2D eigenvalue weighted by Gasteiger charge is -2.15. The largest absolute Gasteiger partial charge is 0.387 e. The first-order valence-electron chi connectivity index (χ1n) is 7.71. The summed E-state index contributed by atoms with van der Waals surface area (Å²) in [6.07, 6.45) is -2.91. The number of fused-ring (bicyclic) bond motifs is 1. The second-order valence-corrected chi connectivity index (χ2v) is 6.23. The van der Waals surface area contributed by atoms with E-state index in [-0.39, 0.29) is 16.7 Å². The molecule has 4 atom stereocenters. The number of nitrogens with two attached hydrogens (primary N) is 1. The van der Waals surface area contributed by atoms with E-state index in [4.69, 9.17) is 22.1 Å². The third kappa shape index (κ3) is 2.82. The topological polar surface area (TPSA) is 99.1 Å². The SMILES string of the molecule is Nc1nc(Cl)nc2c1ncn2C1O[C@H](Cc2ccccc2)[C@@H](O)[C@@H]1F. The van der Waals surface area contributed by atoms with Crippen LogP contribution in [0.15, 0.2) is 36.7 Å². The Labute approximate surface area is 147 Å². The van der Waals surface area contributed by atoms with Crippen molar-refractivity contribution in [3.8, 4) is 0 Å². The third-order valence-electron chi connectivity index (χ3n) is 4.27. The Morgan fingerprint density at radius 1 is 1.28 bits per heavy atom. The Hall–Kier alpha value is -2.29. The van der Waals surface area contributed by atoms with Gasteiger partial charge in [-0.1, -0.05) is 30.3 Å². The van der Waals surface area contributed by atoms with Gasteiger partial charge in [0.2, 0.25) is 5.28 Å². The number of imidazole rings is 1. The average Bonchev–Trinajstić information content (AvgIpc) is 3.12. The predicted octanol–water partition coefficient (Wildman–Crippen LogP) is 1.90. The van der Waals surface area contributed by atoms with Crippen LogP contribution >= 0.6 is 11.6 Å². The van der Waals surface area contributed by atoms with Crippen molar-refractivity contribution in [1.29, 1.82) is 0 Å². The molecule has 1 saturated heterocycles. The molecule has 3 heterocycles. The number of alkyl halides is 1. The molecule has 0 bridgehead atoms. The summed E-state index contributed by atoms with van der Waals surface area (Å²) in [7, 11) is 0. The molecule has 3 aromatic rings. The number of aliphatic hydroxyl groups excluding tert-OH is 1. The first-order valence-corrected chi connectivity index (χ1v) is 8.09. The first-order chi connectivity index (χ1) is 12.0. The molecule has 2 aromatic heterocycles. The van der Waals surface area contributed by atoms with Crippen LogP contribution in [0.5, 0.6) is 0 Å². The molecule has 7 nitrogen and oxygen atoms in total. The molecule has 0 radical (unpaired) electrons. The maximum atomic E-state index is 14.7. The van der Waals surface area contributed by atoms with Gasteiger partial charge in [-0.15, -0.1) is 0 Å². The highest BCUT2D eigenvalue weighted by atomic mass is 35.5. The van der Waals surface area contributed by atoms with Gasteiger partial charge in [-0.2, -0.15) is 9.97 Å². The van der Waals surface area contributed by atoms with Crippen molar-refractivity contribution in [1.82, 2.24) is 19.5 Å². The van der Waals surface area contributed by atoms with E-state index in [2.05, 4.69) is 15.0 Å². The summed E-state index contributed by atoms with van der Waals surface area (Å²) in [4.78, 5) is 12.0. The number of ether oxygens (including phenoxy) is 1. The highest BCUT2D eigenvalue weighted by molar-refractivity contribution is 6.28. The molecule has 1 unspecified atom stereocenters. The molecule has 0 spiro atoms. The van der Waals surface area contributed by atoms with Crippen LogP contribution in [-0.2, 0) is 11.2 Å². The molecule has 25 heavy (non-hydrogen) atoms. The third-order valence-corrected chi connectivity index (χ3v) is 4.44. The first kappa shape index (κ1) is 16.2. The summed E-state index contributed by atoms with van der Waals surface area (Å²) < 4.78 is 21.9. The van der Waals surface area contributed by atoms with E-state index in [0.29, 0.717) is 11.9 Å². The second-order valence-electron chi connectivity index (χ2n) is 5.89. The van der Waals surface area contributed by atoms with Crippen LogP contribution in [-0.4, -0.2) is 43.0 Å². The molecular formula is C16H15ClFN5O2. The molecule has 9 heteroatoms. The van der Waals surface area contributed by atoms with E-state index in [0.717, 1.165) is 5.56 Å². The van der Waals surface area contributed by atoms with E-state index in [1.165, 1.54) is 10.9 Å². The number of aliphatic hydroxyl groups is 1. The Balaban J connectivity index is 1.65. The van der Waals surface area contributed by atoms with Gasteiger partial charge in [-0.25, -0.2) is 9.37 Å². The number of nitrogens with zero attached hydrogens (tertiary/aromatic N) is 4. The van der Waals surface area contributed by atoms with Gasteiger partial charge in [0.25, 0.3) is 0 Å². The van der Waals surface area contributed by atoms with Crippen molar-refractivity contribution < 1.29 is 14.2 Å². The number of rotatable bonds is 3. The molecule has 130 valence electrons. The van der Waals surface area contributed by atoms with Crippen molar-refractivity contribution in [2.75, 3.05) is 5.73 Å². The Morgan fingerprint density at radius 3 is 2.80 bits per heavy atom. The van der Waals surface area contributed by atoms with Crippen LogP contribution in [0.25, 0.3) is 11.2 Å². The van der Waals surface area contributed by atoms with Crippen LogP contribution < -0.4 is 5.73 Å². The van der Waals surface area contributed by atoms with Gasteiger partial charge in [0.15, 0.2) is 23.9 Å². The summed E-state index contributed by atoms with van der Waals surface area (Å²) >= 11 is 5.83. The molecular weight excluding hydrogens is 349 g/mol. The zero-order chi connectivity index (χ0) is 17.6. The summed E-state index contributed by atoms with van der Waals surface area (Å²) in [5.41, 5.74) is 7.28. The number of hydrogen-bond acceptors (Lipinski definition) is 6. The molecule has 1 aliphatic heterocycles. The standard InChI is InChI=1S/C16H15ClFN5O2/c17-16-21-13(19)11-14(22-16)23(7-20-11)15-10(18)12(24)9(25-15)6-8-4-2-1-3-5-8/h1-5,7,9-10,12,15,24H,6H2,(H2,19,21,22)/t9-,10+,12-,15?/m1/s1. The van der Waals surface area contributed by atoms with E-state index in [1.807, 2.05) is 30.3 Å². The fourth-order valence-corrected chi connectivity index (χ4v) is 3.21. The minimum atomic E-state index is -1.64. The van der Waals surface area contributed by atoms with E-state index >= 15 is 0 Å². The van der Waals surface area contributed by atoms with Gasteiger partial charge in [0.05, 0.1) is 12.4 Å². The maximum absolute atomic E-state index is 14.7. The minimum Gasteiger partial charge on any atom is -0.387 e. The van der Waals surface area contributed by atoms with Crippen molar-refractivity contribution in [3.63, 3.8) is 0 Å². The van der Waals surface area contributed by atoms with Gasteiger partial charge in [0.1, 0.15) is 11.6 Å². The lowest BCUT2D eigenvalue weighted by molar-refractivity contribution is -0.0220. The van der Waals surface area contributed by atoms with Crippen molar-refractivity contribution in [2.24, 2.45) is 0 Å². The van der Waals surface area contributed by atoms with Gasteiger partial charge >= 0.3 is 0 Å². The second kappa shape index (κ2) is 6.21. The molecule has 1 fully saturated rings. The van der Waals surface area contributed by atoms with Gasteiger partial charge in [0, 0.05) is 6.42 Å². The van der Waals surface area contributed by atoms with E-state index in [9.17, 15) is 9.50 Å². The number of halogens is 2. The van der Waals surface area contributed by atoms with Gasteiger partial charge in [-0.05, 0) is 17.2 Å². The fourth-order valence-electron chi connectivity index (χ4n) is 3.04. The average molecular weight is 364 g/mol. The fraction of sp³-hybridized carbons (Fsp3) is 0.312. The highest BCUT2D eigenvalue weighted by Gasteiger charge is 2.45. The van der Waals surface area contributed by atoms with Crippen molar-refractivity contribution in [3.05, 3.63) is 47.5 Å². The van der Waals surface area contributed by atoms with E-state index in [1.54, 1.807) is 0 Å². The van der Waals surface area contributed by atoms with E-state index < -0.39 is 24.6 Å². The Morgan fingerprint density at radius 2 is 2.04 bits per heavy atom. The number of aromatic nitrogens is 4. The minimum absolute atomic E-state index is 0.0680. The Kier molecular flexibility index (Phi) is 4.03. The summed E-state index contributed by atoms with van der Waals surface area (Å²) in [6, 6.07) is 9.45. The zero-order valence-electron chi connectivity index (χ0n) is 13.0. The predicted molar refractivity (Wildman–Crippen MR) is 89.7 cm³/mol. The number of anilines is 1. The monoisotopic (exact) mass is 363 g/mol. The molecule has 3 N–H and O–H groups in total. The summed E-state index contributed by atoms with van der Waals surface area (Å²) in [6.45, 7) is 0. The molecule has 0 saturated carbocycles. The Bertz CT molecular complexity index is 906. The summed E-state index contributed by atoms with van der Waals surface area (Å²) in [5.74, 6) is 0.100. The van der Waals surface area contributed by atoms with Crippen LogP contribution in [0.3, 0.4) is 0 Å². The van der Waals surface area contributed by atoms with Crippen molar-refractivity contribution in [2.45, 2.75) is 31.0 Å². The molecule has 0 aliphatic carbocycles. The lowest BCUT2D eigenvalue weighted by atomic mass is 10.0. The normalized spacial score (nSPS) is 26.4. The van der Waals surface area contributed by atoms with Crippen LogP contribution in [0, 0.1) is 0 Å². The quantitative estimate of drug-likeness (QED) is 0.689.